The Hall–Kier alpha value is -3.86. The Bertz CT molecular complexity index is 1220. The van der Waals surface area contributed by atoms with E-state index in [1.54, 1.807) is 31.3 Å². The normalized spacial score (nSPS) is 14.1. The second-order valence-corrected chi connectivity index (χ2v) is 7.67. The molecule has 0 spiro atoms. The van der Waals surface area contributed by atoms with Crippen molar-refractivity contribution in [2.45, 2.75) is 6.18 Å². The van der Waals surface area contributed by atoms with Crippen LogP contribution in [0.2, 0.25) is 0 Å². The summed E-state index contributed by atoms with van der Waals surface area (Å²) in [6.07, 6.45) is -4.44. The quantitative estimate of drug-likeness (QED) is 0.599. The van der Waals surface area contributed by atoms with Crippen LogP contribution in [0.5, 0.6) is 0 Å². The topological polar surface area (TPSA) is 88.5 Å². The summed E-state index contributed by atoms with van der Waals surface area (Å²) < 4.78 is 44.8. The number of ether oxygens (including phenoxy) is 1. The number of amides is 2. The van der Waals surface area contributed by atoms with Crippen LogP contribution in [0.3, 0.4) is 0 Å². The van der Waals surface area contributed by atoms with Crippen LogP contribution in [0.4, 0.5) is 35.2 Å². The number of nitrogens with one attached hydrogen (secondary N) is 2. The predicted molar refractivity (Wildman–Crippen MR) is 122 cm³/mol. The van der Waals surface area contributed by atoms with Gasteiger partial charge in [-0.25, -0.2) is 9.78 Å². The molecule has 2 aromatic carbocycles. The molecule has 0 unspecified atom stereocenters. The van der Waals surface area contributed by atoms with E-state index in [0.717, 1.165) is 12.1 Å². The molecule has 0 atom stereocenters. The van der Waals surface area contributed by atoms with Crippen LogP contribution in [-0.2, 0) is 18.0 Å². The van der Waals surface area contributed by atoms with E-state index in [9.17, 15) is 22.8 Å². The molecule has 3 aromatic rings. The lowest BCUT2D eigenvalue weighted by atomic mass is 10.2. The van der Waals surface area contributed by atoms with Crippen molar-refractivity contribution in [2.75, 3.05) is 41.8 Å². The fraction of sp³-hybridized carbons (Fsp3) is 0.261. The van der Waals surface area contributed by atoms with E-state index in [0.29, 0.717) is 49.2 Å². The smallest absolute Gasteiger partial charge is 0.378 e. The molecule has 1 aliphatic rings. The standard InChI is InChI=1S/C23H22F3N5O3/c1-30-20(32)14-19(31-10-12-34-13-11-31)29-21(30)15-2-6-17(7-3-15)27-22(33)28-18-8-4-16(5-9-18)23(24,25)26/h2-9,14H,10-13H2,1H3,(H2,27,28,33). The van der Waals surface area contributed by atoms with Crippen LogP contribution < -0.4 is 21.1 Å². The average Bonchev–Trinajstić information content (AvgIpc) is 2.81. The summed E-state index contributed by atoms with van der Waals surface area (Å²) in [6.45, 7) is 2.44. The molecule has 178 valence electrons. The molecule has 1 aliphatic heterocycles. The molecule has 2 amide bonds. The van der Waals surface area contributed by atoms with E-state index in [-0.39, 0.29) is 11.2 Å². The number of hydrogen-bond acceptors (Lipinski definition) is 5. The Morgan fingerprint density at radius 1 is 0.971 bits per heavy atom. The summed E-state index contributed by atoms with van der Waals surface area (Å²) in [5.74, 6) is 1.06. The minimum atomic E-state index is -4.44. The fourth-order valence-electron chi connectivity index (χ4n) is 3.48. The number of benzene rings is 2. The summed E-state index contributed by atoms with van der Waals surface area (Å²) in [5.41, 5.74) is 0.381. The van der Waals surface area contributed by atoms with Crippen molar-refractivity contribution in [1.82, 2.24) is 9.55 Å². The van der Waals surface area contributed by atoms with E-state index in [4.69, 9.17) is 4.74 Å². The molecular formula is C23H22F3N5O3. The molecule has 0 aliphatic carbocycles. The highest BCUT2D eigenvalue weighted by Crippen LogP contribution is 2.30. The largest absolute Gasteiger partial charge is 0.416 e. The first-order valence-corrected chi connectivity index (χ1v) is 10.5. The number of morpholine rings is 1. The molecule has 8 nitrogen and oxygen atoms in total. The number of rotatable bonds is 4. The summed E-state index contributed by atoms with van der Waals surface area (Å²) in [5, 5.41) is 5.10. The van der Waals surface area contributed by atoms with E-state index in [1.165, 1.54) is 22.8 Å². The van der Waals surface area contributed by atoms with Gasteiger partial charge in [-0.05, 0) is 48.5 Å². The number of nitrogens with zero attached hydrogens (tertiary/aromatic N) is 3. The Kier molecular flexibility index (Phi) is 6.55. The number of hydrogen-bond donors (Lipinski definition) is 2. The fourth-order valence-corrected chi connectivity index (χ4v) is 3.48. The minimum absolute atomic E-state index is 0.190. The number of carbonyl (C=O) groups excluding carboxylic acids is 1. The van der Waals surface area contributed by atoms with Crippen LogP contribution in [0.1, 0.15) is 5.56 Å². The highest BCUT2D eigenvalue weighted by Gasteiger charge is 2.30. The molecule has 0 saturated carbocycles. The van der Waals surface area contributed by atoms with Crippen molar-refractivity contribution >= 4 is 23.2 Å². The highest BCUT2D eigenvalue weighted by atomic mass is 19.4. The summed E-state index contributed by atoms with van der Waals surface area (Å²) >= 11 is 0. The molecule has 4 rings (SSSR count). The molecule has 11 heteroatoms. The maximum atomic E-state index is 12.7. The van der Waals surface area contributed by atoms with Gasteiger partial charge in [0.1, 0.15) is 11.6 Å². The molecule has 34 heavy (non-hydrogen) atoms. The van der Waals surface area contributed by atoms with Gasteiger partial charge in [-0.2, -0.15) is 13.2 Å². The van der Waals surface area contributed by atoms with E-state index >= 15 is 0 Å². The first-order valence-electron chi connectivity index (χ1n) is 10.5. The van der Waals surface area contributed by atoms with Crippen molar-refractivity contribution in [2.24, 2.45) is 7.05 Å². The number of anilines is 3. The van der Waals surface area contributed by atoms with Gasteiger partial charge in [0.25, 0.3) is 5.56 Å². The van der Waals surface area contributed by atoms with Crippen LogP contribution in [0, 0.1) is 0 Å². The maximum Gasteiger partial charge on any atom is 0.416 e. The Labute approximate surface area is 193 Å². The summed E-state index contributed by atoms with van der Waals surface area (Å²) in [4.78, 5) is 31.3. The Morgan fingerprint density at radius 3 is 2.09 bits per heavy atom. The third-order valence-electron chi connectivity index (χ3n) is 5.33. The zero-order chi connectivity index (χ0) is 24.3. The average molecular weight is 473 g/mol. The van der Waals surface area contributed by atoms with Crippen molar-refractivity contribution in [3.63, 3.8) is 0 Å². The summed E-state index contributed by atoms with van der Waals surface area (Å²) in [7, 11) is 1.64. The second kappa shape index (κ2) is 9.56. The Morgan fingerprint density at radius 2 is 1.53 bits per heavy atom. The third-order valence-corrected chi connectivity index (χ3v) is 5.33. The van der Waals surface area contributed by atoms with Crippen molar-refractivity contribution in [1.29, 1.82) is 0 Å². The lowest BCUT2D eigenvalue weighted by Crippen LogP contribution is -2.38. The first kappa shape index (κ1) is 23.3. The second-order valence-electron chi connectivity index (χ2n) is 7.67. The van der Waals surface area contributed by atoms with Gasteiger partial charge in [-0.1, -0.05) is 0 Å². The van der Waals surface area contributed by atoms with Gasteiger partial charge in [-0.15, -0.1) is 0 Å². The molecule has 1 saturated heterocycles. The predicted octanol–water partition coefficient (Wildman–Crippen LogP) is 3.95. The molecule has 1 aromatic heterocycles. The van der Waals surface area contributed by atoms with Gasteiger partial charge in [0.15, 0.2) is 0 Å². The van der Waals surface area contributed by atoms with E-state index in [1.807, 2.05) is 4.90 Å². The van der Waals surface area contributed by atoms with Crippen molar-refractivity contribution in [3.8, 4) is 11.4 Å². The molecule has 0 bridgehead atoms. The maximum absolute atomic E-state index is 12.7. The van der Waals surface area contributed by atoms with Crippen LogP contribution in [0.25, 0.3) is 11.4 Å². The minimum Gasteiger partial charge on any atom is -0.378 e. The van der Waals surface area contributed by atoms with Gasteiger partial charge in [-0.3, -0.25) is 9.36 Å². The van der Waals surface area contributed by atoms with Crippen molar-refractivity contribution < 1.29 is 22.7 Å². The molecule has 2 heterocycles. The highest BCUT2D eigenvalue weighted by molar-refractivity contribution is 5.99. The molecule has 2 N–H and O–H groups in total. The SMILES string of the molecule is Cn1c(-c2ccc(NC(=O)Nc3ccc(C(F)(F)F)cc3)cc2)nc(N2CCOCC2)cc1=O. The third kappa shape index (κ3) is 5.37. The van der Waals surface area contributed by atoms with E-state index < -0.39 is 17.8 Å². The molecule has 0 radical (unpaired) electrons. The Balaban J connectivity index is 1.45. The number of alkyl halides is 3. The van der Waals surface area contributed by atoms with Gasteiger partial charge in [0.2, 0.25) is 0 Å². The van der Waals surface area contributed by atoms with Crippen LogP contribution in [-0.4, -0.2) is 41.9 Å². The van der Waals surface area contributed by atoms with Gasteiger partial charge in [0, 0.05) is 43.1 Å². The molecular weight excluding hydrogens is 451 g/mol. The lowest BCUT2D eigenvalue weighted by molar-refractivity contribution is -0.137. The number of halogens is 3. The molecule has 1 fully saturated rings. The summed E-state index contributed by atoms with van der Waals surface area (Å²) in [6, 6.07) is 11.8. The first-order chi connectivity index (χ1) is 16.2. The van der Waals surface area contributed by atoms with Gasteiger partial charge in [0.05, 0.1) is 18.8 Å². The number of carbonyl (C=O) groups is 1. The van der Waals surface area contributed by atoms with Crippen molar-refractivity contribution in [3.05, 3.63) is 70.5 Å². The van der Waals surface area contributed by atoms with Gasteiger partial charge >= 0.3 is 12.2 Å². The van der Waals surface area contributed by atoms with E-state index in [2.05, 4.69) is 15.6 Å². The zero-order valence-electron chi connectivity index (χ0n) is 18.2. The monoisotopic (exact) mass is 473 g/mol. The number of aromatic nitrogens is 2. The van der Waals surface area contributed by atoms with Gasteiger partial charge < -0.3 is 20.3 Å². The number of urea groups is 1. The van der Waals surface area contributed by atoms with Crippen LogP contribution in [0.15, 0.2) is 59.4 Å². The lowest BCUT2D eigenvalue weighted by Gasteiger charge is -2.28. The zero-order valence-corrected chi connectivity index (χ0v) is 18.2. The van der Waals surface area contributed by atoms with Crippen LogP contribution >= 0.6 is 0 Å².